The van der Waals surface area contributed by atoms with Crippen molar-refractivity contribution in [1.29, 1.82) is 0 Å². The number of aryl methyl sites for hydroxylation is 1. The maximum atomic E-state index is 4.50. The van der Waals surface area contributed by atoms with Gasteiger partial charge in [-0.2, -0.15) is 0 Å². The van der Waals surface area contributed by atoms with Crippen molar-refractivity contribution in [3.05, 3.63) is 23.9 Å². The Morgan fingerprint density at radius 1 is 1.18 bits per heavy atom. The van der Waals surface area contributed by atoms with Gasteiger partial charge in [0, 0.05) is 51.5 Å². The summed E-state index contributed by atoms with van der Waals surface area (Å²) in [5, 5.41) is 3.34. The van der Waals surface area contributed by atoms with Crippen molar-refractivity contribution in [2.24, 2.45) is 0 Å². The van der Waals surface area contributed by atoms with Gasteiger partial charge in [-0.05, 0) is 18.6 Å². The fraction of sp³-hybridized carbons (Fsp3) is 0.615. The van der Waals surface area contributed by atoms with Gasteiger partial charge in [0.15, 0.2) is 0 Å². The van der Waals surface area contributed by atoms with Crippen LogP contribution in [-0.2, 0) is 0 Å². The molecule has 0 amide bonds. The molecule has 0 radical (unpaired) electrons. The summed E-state index contributed by atoms with van der Waals surface area (Å²) in [6.07, 6.45) is 1.96. The second-order valence-electron chi connectivity index (χ2n) is 5.03. The Labute approximate surface area is 103 Å². The van der Waals surface area contributed by atoms with Crippen LogP contribution in [0.5, 0.6) is 0 Å². The number of piperazine rings is 1. The highest BCUT2D eigenvalue weighted by molar-refractivity contribution is 5.39. The molecule has 0 saturated carbocycles. The van der Waals surface area contributed by atoms with E-state index in [1.54, 1.807) is 0 Å². The Bertz CT molecular complexity index is 364. The van der Waals surface area contributed by atoms with Crippen LogP contribution >= 0.6 is 0 Å². The first kappa shape index (κ1) is 11.0. The number of rotatable bonds is 2. The minimum Gasteiger partial charge on any atom is -0.354 e. The summed E-state index contributed by atoms with van der Waals surface area (Å²) in [5.41, 5.74) is 1.23. The third kappa shape index (κ3) is 2.28. The molecule has 1 aromatic heterocycles. The number of hydrogen-bond acceptors (Lipinski definition) is 4. The standard InChI is InChI=1S/C13H20N4/c1-11-2-3-13(15-8-11)17-6-4-16(5-7-17)12-9-14-10-12/h2-3,8,12,14H,4-7,9-10H2,1H3. The van der Waals surface area contributed by atoms with Crippen LogP contribution in [0.15, 0.2) is 18.3 Å². The third-order valence-corrected chi connectivity index (χ3v) is 3.81. The molecule has 4 nitrogen and oxygen atoms in total. The topological polar surface area (TPSA) is 31.4 Å². The first-order valence-electron chi connectivity index (χ1n) is 6.45. The molecule has 1 aromatic rings. The summed E-state index contributed by atoms with van der Waals surface area (Å²) in [4.78, 5) is 9.49. The molecule has 4 heteroatoms. The fourth-order valence-corrected chi connectivity index (χ4v) is 2.49. The number of nitrogens with zero attached hydrogens (tertiary/aromatic N) is 3. The Morgan fingerprint density at radius 3 is 2.47 bits per heavy atom. The second-order valence-corrected chi connectivity index (χ2v) is 5.03. The monoisotopic (exact) mass is 232 g/mol. The smallest absolute Gasteiger partial charge is 0.128 e. The molecule has 17 heavy (non-hydrogen) atoms. The van der Waals surface area contributed by atoms with Crippen LogP contribution in [0.3, 0.4) is 0 Å². The summed E-state index contributed by atoms with van der Waals surface area (Å²) >= 11 is 0. The van der Waals surface area contributed by atoms with E-state index in [0.29, 0.717) is 0 Å². The molecule has 0 aromatic carbocycles. The van der Waals surface area contributed by atoms with E-state index in [-0.39, 0.29) is 0 Å². The molecule has 2 aliphatic heterocycles. The van der Waals surface area contributed by atoms with Crippen molar-refractivity contribution in [3.8, 4) is 0 Å². The molecular weight excluding hydrogens is 212 g/mol. The summed E-state index contributed by atoms with van der Waals surface area (Å²) < 4.78 is 0. The van der Waals surface area contributed by atoms with Gasteiger partial charge in [0.05, 0.1) is 0 Å². The minimum absolute atomic E-state index is 0.781. The van der Waals surface area contributed by atoms with Crippen LogP contribution in [-0.4, -0.2) is 55.2 Å². The van der Waals surface area contributed by atoms with Crippen LogP contribution in [0.2, 0.25) is 0 Å². The Balaban J connectivity index is 1.58. The first-order chi connectivity index (χ1) is 8.33. The number of pyridine rings is 1. The van der Waals surface area contributed by atoms with Crippen LogP contribution in [0.1, 0.15) is 5.56 Å². The van der Waals surface area contributed by atoms with Crippen molar-refractivity contribution < 1.29 is 0 Å². The molecule has 2 aliphatic rings. The van der Waals surface area contributed by atoms with Gasteiger partial charge < -0.3 is 10.2 Å². The molecule has 3 heterocycles. The van der Waals surface area contributed by atoms with E-state index >= 15 is 0 Å². The molecule has 2 fully saturated rings. The van der Waals surface area contributed by atoms with Crippen molar-refractivity contribution in [1.82, 2.24) is 15.2 Å². The largest absolute Gasteiger partial charge is 0.354 e. The van der Waals surface area contributed by atoms with E-state index in [9.17, 15) is 0 Å². The molecule has 0 atom stereocenters. The average Bonchev–Trinajstić information content (AvgIpc) is 2.29. The maximum Gasteiger partial charge on any atom is 0.128 e. The van der Waals surface area contributed by atoms with Gasteiger partial charge >= 0.3 is 0 Å². The molecule has 1 N–H and O–H groups in total. The summed E-state index contributed by atoms with van der Waals surface area (Å²) in [5.74, 6) is 1.13. The summed E-state index contributed by atoms with van der Waals surface area (Å²) in [7, 11) is 0. The van der Waals surface area contributed by atoms with Crippen molar-refractivity contribution in [2.45, 2.75) is 13.0 Å². The molecule has 92 valence electrons. The molecule has 2 saturated heterocycles. The van der Waals surface area contributed by atoms with Gasteiger partial charge in [0.1, 0.15) is 5.82 Å². The van der Waals surface area contributed by atoms with Crippen LogP contribution in [0, 0.1) is 6.92 Å². The number of hydrogen-bond donors (Lipinski definition) is 1. The SMILES string of the molecule is Cc1ccc(N2CCN(C3CNC3)CC2)nc1. The van der Waals surface area contributed by atoms with E-state index in [0.717, 1.165) is 24.9 Å². The zero-order valence-corrected chi connectivity index (χ0v) is 10.4. The zero-order chi connectivity index (χ0) is 11.7. The van der Waals surface area contributed by atoms with Gasteiger partial charge in [-0.15, -0.1) is 0 Å². The Kier molecular flexibility index (Phi) is 2.99. The van der Waals surface area contributed by atoms with E-state index in [1.165, 1.54) is 31.7 Å². The van der Waals surface area contributed by atoms with E-state index in [4.69, 9.17) is 0 Å². The minimum atomic E-state index is 0.781. The van der Waals surface area contributed by atoms with Crippen LogP contribution in [0.4, 0.5) is 5.82 Å². The quantitative estimate of drug-likeness (QED) is 0.804. The highest BCUT2D eigenvalue weighted by Crippen LogP contribution is 2.16. The normalized spacial score (nSPS) is 22.5. The molecule has 0 spiro atoms. The van der Waals surface area contributed by atoms with Crippen molar-refractivity contribution in [3.63, 3.8) is 0 Å². The molecule has 3 rings (SSSR count). The number of nitrogens with one attached hydrogen (secondary N) is 1. The van der Waals surface area contributed by atoms with E-state index < -0.39 is 0 Å². The van der Waals surface area contributed by atoms with Gasteiger partial charge in [-0.1, -0.05) is 6.07 Å². The second kappa shape index (κ2) is 4.63. The summed E-state index contributed by atoms with van der Waals surface area (Å²) in [6, 6.07) is 5.06. The van der Waals surface area contributed by atoms with Crippen LogP contribution < -0.4 is 10.2 Å². The van der Waals surface area contributed by atoms with Gasteiger partial charge in [0.2, 0.25) is 0 Å². The Hall–Kier alpha value is -1.13. The lowest BCUT2D eigenvalue weighted by Crippen LogP contribution is -2.61. The first-order valence-corrected chi connectivity index (χ1v) is 6.45. The van der Waals surface area contributed by atoms with Crippen molar-refractivity contribution in [2.75, 3.05) is 44.2 Å². The van der Waals surface area contributed by atoms with Gasteiger partial charge in [-0.25, -0.2) is 4.98 Å². The highest BCUT2D eigenvalue weighted by Gasteiger charge is 2.27. The molecule has 0 bridgehead atoms. The zero-order valence-electron chi connectivity index (χ0n) is 10.4. The number of anilines is 1. The lowest BCUT2D eigenvalue weighted by molar-refractivity contribution is 0.137. The lowest BCUT2D eigenvalue weighted by Gasteiger charge is -2.43. The third-order valence-electron chi connectivity index (χ3n) is 3.81. The summed E-state index contributed by atoms with van der Waals surface area (Å²) in [6.45, 7) is 8.97. The van der Waals surface area contributed by atoms with E-state index in [2.05, 4.69) is 39.2 Å². The van der Waals surface area contributed by atoms with Crippen molar-refractivity contribution >= 4 is 5.82 Å². The predicted octanol–water partition coefficient (Wildman–Crippen LogP) is 0.484. The van der Waals surface area contributed by atoms with Crippen LogP contribution in [0.25, 0.3) is 0 Å². The predicted molar refractivity (Wildman–Crippen MR) is 69.4 cm³/mol. The fourth-order valence-electron chi connectivity index (χ4n) is 2.49. The molecular formula is C13H20N4. The molecule has 0 unspecified atom stereocenters. The van der Waals surface area contributed by atoms with Gasteiger partial charge in [-0.3, -0.25) is 4.90 Å². The number of aromatic nitrogens is 1. The average molecular weight is 232 g/mol. The lowest BCUT2D eigenvalue weighted by atomic mass is 10.1. The Morgan fingerprint density at radius 2 is 1.94 bits per heavy atom. The highest BCUT2D eigenvalue weighted by atomic mass is 15.3. The van der Waals surface area contributed by atoms with Gasteiger partial charge in [0.25, 0.3) is 0 Å². The molecule has 0 aliphatic carbocycles. The van der Waals surface area contributed by atoms with E-state index in [1.807, 2.05) is 6.20 Å². The maximum absolute atomic E-state index is 4.50.